The maximum atomic E-state index is 5.44. The van der Waals surface area contributed by atoms with Crippen LogP contribution in [-0.2, 0) is 13.1 Å². The smallest absolute Gasteiger partial charge is 0.165 e. The van der Waals surface area contributed by atoms with Gasteiger partial charge in [0.25, 0.3) is 0 Å². The van der Waals surface area contributed by atoms with Crippen molar-refractivity contribution in [1.29, 1.82) is 0 Å². The van der Waals surface area contributed by atoms with E-state index in [1.165, 1.54) is 5.56 Å². The van der Waals surface area contributed by atoms with E-state index in [1.54, 1.807) is 14.2 Å². The van der Waals surface area contributed by atoms with E-state index in [9.17, 15) is 0 Å². The number of nitrogens with one attached hydrogen (secondary N) is 1. The van der Waals surface area contributed by atoms with Gasteiger partial charge >= 0.3 is 0 Å². The van der Waals surface area contributed by atoms with Crippen LogP contribution in [0.1, 0.15) is 11.1 Å². The van der Waals surface area contributed by atoms with E-state index in [0.29, 0.717) is 6.54 Å². The van der Waals surface area contributed by atoms with Gasteiger partial charge in [-0.1, -0.05) is 12.1 Å². The molecule has 118 valence electrons. The molecule has 0 fully saturated rings. The molecule has 2 rings (SSSR count). The maximum absolute atomic E-state index is 5.44. The van der Waals surface area contributed by atoms with Crippen LogP contribution in [0.5, 0.6) is 11.5 Å². The zero-order chi connectivity index (χ0) is 15.9. The maximum Gasteiger partial charge on any atom is 0.165 e. The van der Waals surface area contributed by atoms with Crippen molar-refractivity contribution in [3.8, 4) is 11.5 Å². The number of rotatable bonds is 7. The molecule has 2 aromatic rings. The fraction of sp³-hybridized carbons (Fsp3) is 0.353. The van der Waals surface area contributed by atoms with Crippen LogP contribution >= 0.6 is 0 Å². The molecular formula is C17H23N3O2. The summed E-state index contributed by atoms with van der Waals surface area (Å²) in [6.07, 6.45) is 1.83. The Morgan fingerprint density at radius 1 is 1.09 bits per heavy atom. The third-order valence-electron chi connectivity index (χ3n) is 3.40. The van der Waals surface area contributed by atoms with Gasteiger partial charge in [0.05, 0.1) is 14.2 Å². The molecule has 22 heavy (non-hydrogen) atoms. The number of anilines is 1. The second kappa shape index (κ2) is 7.66. The lowest BCUT2D eigenvalue weighted by atomic mass is 10.1. The van der Waals surface area contributed by atoms with Crippen LogP contribution in [-0.4, -0.2) is 33.3 Å². The first-order valence-electron chi connectivity index (χ1n) is 7.18. The minimum absolute atomic E-state index is 0.708. The second-order valence-electron chi connectivity index (χ2n) is 5.17. The minimum Gasteiger partial charge on any atom is -0.493 e. The molecule has 1 N–H and O–H groups in total. The van der Waals surface area contributed by atoms with Gasteiger partial charge in [0, 0.05) is 38.9 Å². The summed E-state index contributed by atoms with van der Waals surface area (Å²) in [7, 11) is 7.28. The Balaban J connectivity index is 2.01. The Kier molecular flexibility index (Phi) is 5.61. The number of nitrogens with zero attached hydrogens (tertiary/aromatic N) is 2. The molecule has 5 heteroatoms. The van der Waals surface area contributed by atoms with Crippen molar-refractivity contribution < 1.29 is 9.47 Å². The van der Waals surface area contributed by atoms with E-state index < -0.39 is 0 Å². The number of pyridine rings is 1. The Morgan fingerprint density at radius 3 is 2.59 bits per heavy atom. The van der Waals surface area contributed by atoms with Gasteiger partial charge < -0.3 is 19.7 Å². The van der Waals surface area contributed by atoms with E-state index in [2.05, 4.69) is 16.4 Å². The highest BCUT2D eigenvalue weighted by Gasteiger charge is 2.08. The van der Waals surface area contributed by atoms with Gasteiger partial charge in [-0.3, -0.25) is 0 Å². The molecule has 1 heterocycles. The summed E-state index contributed by atoms with van der Waals surface area (Å²) in [5.74, 6) is 2.49. The van der Waals surface area contributed by atoms with Gasteiger partial charge in [-0.05, 0) is 23.8 Å². The first kappa shape index (κ1) is 16.1. The molecule has 0 amide bonds. The predicted molar refractivity (Wildman–Crippen MR) is 88.7 cm³/mol. The van der Waals surface area contributed by atoms with Crippen LogP contribution in [0.25, 0.3) is 0 Å². The number of methoxy groups -OCH3 is 2. The molecule has 0 aliphatic heterocycles. The van der Waals surface area contributed by atoms with E-state index in [0.717, 1.165) is 29.4 Å². The third kappa shape index (κ3) is 3.89. The largest absolute Gasteiger partial charge is 0.493 e. The highest BCUT2D eigenvalue weighted by Crippen LogP contribution is 2.30. The van der Waals surface area contributed by atoms with Crippen molar-refractivity contribution in [3.05, 3.63) is 47.7 Å². The van der Waals surface area contributed by atoms with Crippen LogP contribution in [0.2, 0.25) is 0 Å². The normalized spacial score (nSPS) is 10.4. The van der Waals surface area contributed by atoms with Crippen LogP contribution in [0.3, 0.4) is 0 Å². The van der Waals surface area contributed by atoms with Gasteiger partial charge in [0.1, 0.15) is 5.82 Å². The van der Waals surface area contributed by atoms with Crippen LogP contribution < -0.4 is 19.7 Å². The Hall–Kier alpha value is -2.27. The number of hydrogen-bond acceptors (Lipinski definition) is 5. The quantitative estimate of drug-likeness (QED) is 0.851. The number of ether oxygens (including phenoxy) is 2. The van der Waals surface area contributed by atoms with Gasteiger partial charge in [-0.2, -0.15) is 0 Å². The van der Waals surface area contributed by atoms with Crippen LogP contribution in [0, 0.1) is 0 Å². The molecule has 1 aromatic carbocycles. The van der Waals surface area contributed by atoms with Gasteiger partial charge in [0.15, 0.2) is 11.5 Å². The molecule has 1 aromatic heterocycles. The zero-order valence-corrected chi connectivity index (χ0v) is 13.6. The summed E-state index contributed by atoms with van der Waals surface area (Å²) in [5, 5.41) is 3.43. The Bertz CT molecular complexity index is 615. The van der Waals surface area contributed by atoms with Gasteiger partial charge in [-0.15, -0.1) is 0 Å². The molecule has 0 radical (unpaired) electrons. The van der Waals surface area contributed by atoms with Crippen molar-refractivity contribution in [2.45, 2.75) is 13.1 Å². The monoisotopic (exact) mass is 301 g/mol. The van der Waals surface area contributed by atoms with Crippen molar-refractivity contribution >= 4 is 5.82 Å². The molecule has 0 saturated heterocycles. The van der Waals surface area contributed by atoms with Crippen molar-refractivity contribution in [2.24, 2.45) is 0 Å². The summed E-state index contributed by atoms with van der Waals surface area (Å²) in [6.45, 7) is 1.48. The molecule has 0 spiro atoms. The highest BCUT2D eigenvalue weighted by atomic mass is 16.5. The molecule has 0 atom stereocenters. The van der Waals surface area contributed by atoms with Crippen molar-refractivity contribution in [2.75, 3.05) is 33.2 Å². The average molecular weight is 301 g/mol. The second-order valence-corrected chi connectivity index (χ2v) is 5.17. The standard InChI is InChI=1S/C17H23N3O2/c1-20(2)16-10-13(8-9-19-16)11-18-12-14-6-5-7-15(21-3)17(14)22-4/h5-10,18H,11-12H2,1-4H3. The first-order valence-corrected chi connectivity index (χ1v) is 7.18. The lowest BCUT2D eigenvalue weighted by Crippen LogP contribution is -2.15. The number of para-hydroxylation sites is 1. The van der Waals surface area contributed by atoms with Gasteiger partial charge in [0.2, 0.25) is 0 Å². The molecule has 5 nitrogen and oxygen atoms in total. The molecule has 0 bridgehead atoms. The highest BCUT2D eigenvalue weighted by molar-refractivity contribution is 5.46. The lowest BCUT2D eigenvalue weighted by Gasteiger charge is -2.14. The summed E-state index contributed by atoms with van der Waals surface area (Å²) in [6, 6.07) is 9.99. The number of aromatic nitrogens is 1. The Labute approximate surface area is 131 Å². The summed E-state index contributed by atoms with van der Waals surface area (Å²) in [4.78, 5) is 6.31. The van der Waals surface area contributed by atoms with Crippen LogP contribution in [0.15, 0.2) is 36.5 Å². The molecule has 0 saturated carbocycles. The SMILES string of the molecule is COc1cccc(CNCc2ccnc(N(C)C)c2)c1OC. The molecule has 0 aliphatic carbocycles. The summed E-state index contributed by atoms with van der Waals surface area (Å²) >= 11 is 0. The van der Waals surface area contributed by atoms with Crippen LogP contribution in [0.4, 0.5) is 5.82 Å². The number of hydrogen-bond donors (Lipinski definition) is 1. The molecule has 0 unspecified atom stereocenters. The average Bonchev–Trinajstić information content (AvgIpc) is 2.54. The van der Waals surface area contributed by atoms with Crippen molar-refractivity contribution in [3.63, 3.8) is 0 Å². The van der Waals surface area contributed by atoms with Crippen molar-refractivity contribution in [1.82, 2.24) is 10.3 Å². The topological polar surface area (TPSA) is 46.6 Å². The lowest BCUT2D eigenvalue weighted by molar-refractivity contribution is 0.350. The summed E-state index contributed by atoms with van der Waals surface area (Å²) in [5.41, 5.74) is 2.27. The third-order valence-corrected chi connectivity index (χ3v) is 3.40. The van der Waals surface area contributed by atoms with Gasteiger partial charge in [-0.25, -0.2) is 4.98 Å². The Morgan fingerprint density at radius 2 is 1.91 bits per heavy atom. The number of benzene rings is 1. The van der Waals surface area contributed by atoms with E-state index in [-0.39, 0.29) is 0 Å². The van der Waals surface area contributed by atoms with E-state index in [4.69, 9.17) is 9.47 Å². The van der Waals surface area contributed by atoms with E-state index in [1.807, 2.05) is 49.5 Å². The zero-order valence-electron chi connectivity index (χ0n) is 13.6. The van der Waals surface area contributed by atoms with E-state index >= 15 is 0 Å². The fourth-order valence-electron chi connectivity index (χ4n) is 2.25. The fourth-order valence-corrected chi connectivity index (χ4v) is 2.25. The molecular weight excluding hydrogens is 278 g/mol. The molecule has 0 aliphatic rings. The minimum atomic E-state index is 0.708. The summed E-state index contributed by atoms with van der Waals surface area (Å²) < 4.78 is 10.8. The first-order chi connectivity index (χ1) is 10.7. The predicted octanol–water partition coefficient (Wildman–Crippen LogP) is 2.45.